The molecule has 0 spiro atoms. The fourth-order valence-corrected chi connectivity index (χ4v) is 2.84. The molecule has 1 unspecified atom stereocenters. The molecule has 1 heterocycles. The first-order chi connectivity index (χ1) is 8.95. The molecule has 0 aromatic rings. The SMILES string of the molecule is CCC(C)N1CCN(C(C)C)CCN(C(C)C)CC1. The van der Waals surface area contributed by atoms with E-state index in [1.807, 2.05) is 0 Å². The van der Waals surface area contributed by atoms with Crippen LogP contribution in [-0.4, -0.2) is 72.1 Å². The van der Waals surface area contributed by atoms with Crippen LogP contribution in [-0.2, 0) is 0 Å². The minimum absolute atomic E-state index is 0.658. The van der Waals surface area contributed by atoms with Crippen molar-refractivity contribution >= 4 is 0 Å². The maximum atomic E-state index is 2.68. The number of hydrogen-bond donors (Lipinski definition) is 0. The maximum Gasteiger partial charge on any atom is 0.0113 e. The highest BCUT2D eigenvalue weighted by Gasteiger charge is 2.21. The second-order valence-electron chi connectivity index (χ2n) is 6.55. The average molecular weight is 269 g/mol. The zero-order chi connectivity index (χ0) is 14.4. The highest BCUT2D eigenvalue weighted by Crippen LogP contribution is 2.10. The molecule has 1 fully saturated rings. The van der Waals surface area contributed by atoms with Crippen LogP contribution in [0.1, 0.15) is 48.0 Å². The predicted octanol–water partition coefficient (Wildman–Crippen LogP) is 2.52. The summed E-state index contributed by atoms with van der Waals surface area (Å²) in [7, 11) is 0. The molecule has 0 aromatic heterocycles. The summed E-state index contributed by atoms with van der Waals surface area (Å²) in [5.41, 5.74) is 0. The fraction of sp³-hybridized carbons (Fsp3) is 1.00. The smallest absolute Gasteiger partial charge is 0.0113 e. The Balaban J connectivity index is 2.70. The topological polar surface area (TPSA) is 9.72 Å². The molecule has 1 atom stereocenters. The molecule has 0 amide bonds. The summed E-state index contributed by atoms with van der Waals surface area (Å²) >= 11 is 0. The van der Waals surface area contributed by atoms with Gasteiger partial charge in [0.2, 0.25) is 0 Å². The molecule has 0 N–H and O–H groups in total. The Morgan fingerprint density at radius 3 is 1.21 bits per heavy atom. The van der Waals surface area contributed by atoms with Crippen molar-refractivity contribution in [3.8, 4) is 0 Å². The van der Waals surface area contributed by atoms with Crippen LogP contribution in [0.15, 0.2) is 0 Å². The van der Waals surface area contributed by atoms with E-state index in [0.717, 1.165) is 0 Å². The third kappa shape index (κ3) is 5.41. The molecule has 3 nitrogen and oxygen atoms in total. The molecular weight excluding hydrogens is 234 g/mol. The van der Waals surface area contributed by atoms with Gasteiger partial charge >= 0.3 is 0 Å². The molecule has 1 aliphatic rings. The zero-order valence-corrected chi connectivity index (χ0v) is 14.0. The van der Waals surface area contributed by atoms with Crippen molar-refractivity contribution in [3.63, 3.8) is 0 Å². The van der Waals surface area contributed by atoms with Gasteiger partial charge in [-0.15, -0.1) is 0 Å². The summed E-state index contributed by atoms with van der Waals surface area (Å²) < 4.78 is 0. The van der Waals surface area contributed by atoms with E-state index in [4.69, 9.17) is 0 Å². The van der Waals surface area contributed by atoms with Crippen LogP contribution >= 0.6 is 0 Å². The van der Waals surface area contributed by atoms with Gasteiger partial charge < -0.3 is 0 Å². The Bertz CT molecular complexity index is 220. The summed E-state index contributed by atoms with van der Waals surface area (Å²) in [4.78, 5) is 7.95. The Morgan fingerprint density at radius 2 is 0.947 bits per heavy atom. The Labute approximate surface area is 120 Å². The van der Waals surface area contributed by atoms with Gasteiger partial charge in [0.05, 0.1) is 0 Å². The van der Waals surface area contributed by atoms with Crippen LogP contribution in [0.4, 0.5) is 0 Å². The average Bonchev–Trinajstić information content (AvgIpc) is 2.47. The third-order valence-corrected chi connectivity index (χ3v) is 4.70. The highest BCUT2D eigenvalue weighted by molar-refractivity contribution is 4.77. The summed E-state index contributed by atoms with van der Waals surface area (Å²) in [6.07, 6.45) is 1.25. The van der Waals surface area contributed by atoms with Gasteiger partial charge in [-0.2, -0.15) is 0 Å². The molecule has 114 valence electrons. The molecule has 0 aliphatic carbocycles. The summed E-state index contributed by atoms with van der Waals surface area (Å²) in [6, 6.07) is 2.03. The lowest BCUT2D eigenvalue weighted by molar-refractivity contribution is 0.158. The normalized spacial score (nSPS) is 23.4. The predicted molar refractivity (Wildman–Crippen MR) is 84.7 cm³/mol. The van der Waals surface area contributed by atoms with E-state index in [-0.39, 0.29) is 0 Å². The van der Waals surface area contributed by atoms with E-state index >= 15 is 0 Å². The Kier molecular flexibility index (Phi) is 7.33. The fourth-order valence-electron chi connectivity index (χ4n) is 2.84. The van der Waals surface area contributed by atoms with Crippen molar-refractivity contribution in [2.45, 2.75) is 66.1 Å². The number of rotatable bonds is 4. The number of hydrogen-bond acceptors (Lipinski definition) is 3. The molecule has 1 aliphatic heterocycles. The minimum atomic E-state index is 0.658. The third-order valence-electron chi connectivity index (χ3n) is 4.70. The Morgan fingerprint density at radius 1 is 0.632 bits per heavy atom. The molecule has 0 aromatic carbocycles. The van der Waals surface area contributed by atoms with E-state index < -0.39 is 0 Å². The van der Waals surface area contributed by atoms with E-state index in [1.54, 1.807) is 0 Å². The summed E-state index contributed by atoms with van der Waals surface area (Å²) in [5.74, 6) is 0. The molecule has 0 saturated carbocycles. The van der Waals surface area contributed by atoms with Crippen LogP contribution < -0.4 is 0 Å². The van der Waals surface area contributed by atoms with Gasteiger partial charge in [-0.1, -0.05) is 6.92 Å². The Hall–Kier alpha value is -0.120. The second-order valence-corrected chi connectivity index (χ2v) is 6.55. The van der Waals surface area contributed by atoms with Crippen molar-refractivity contribution < 1.29 is 0 Å². The van der Waals surface area contributed by atoms with Gasteiger partial charge in [-0.05, 0) is 41.0 Å². The van der Waals surface area contributed by atoms with Gasteiger partial charge in [0.15, 0.2) is 0 Å². The van der Waals surface area contributed by atoms with E-state index in [9.17, 15) is 0 Å². The summed E-state index contributed by atoms with van der Waals surface area (Å²) in [5, 5.41) is 0. The van der Waals surface area contributed by atoms with Crippen LogP contribution in [0.2, 0.25) is 0 Å². The quantitative estimate of drug-likeness (QED) is 0.776. The molecule has 0 radical (unpaired) electrons. The zero-order valence-electron chi connectivity index (χ0n) is 14.0. The van der Waals surface area contributed by atoms with Gasteiger partial charge in [-0.25, -0.2) is 0 Å². The highest BCUT2D eigenvalue weighted by atomic mass is 15.3. The minimum Gasteiger partial charge on any atom is -0.298 e. The molecule has 3 heteroatoms. The standard InChI is InChI=1S/C16H35N3/c1-7-16(6)19-12-10-17(14(2)3)8-9-18(11-13-19)15(4)5/h14-16H,7-13H2,1-6H3. The molecule has 1 rings (SSSR count). The molecule has 1 saturated heterocycles. The van der Waals surface area contributed by atoms with Crippen molar-refractivity contribution in [2.24, 2.45) is 0 Å². The van der Waals surface area contributed by atoms with Gasteiger partial charge in [0.1, 0.15) is 0 Å². The largest absolute Gasteiger partial charge is 0.298 e. The van der Waals surface area contributed by atoms with E-state index in [0.29, 0.717) is 18.1 Å². The van der Waals surface area contributed by atoms with Crippen LogP contribution in [0, 0.1) is 0 Å². The maximum absolute atomic E-state index is 2.68. The van der Waals surface area contributed by atoms with Crippen LogP contribution in [0.25, 0.3) is 0 Å². The van der Waals surface area contributed by atoms with Crippen molar-refractivity contribution in [1.82, 2.24) is 14.7 Å². The van der Waals surface area contributed by atoms with Crippen molar-refractivity contribution in [3.05, 3.63) is 0 Å². The lowest BCUT2D eigenvalue weighted by Crippen LogP contribution is -2.42. The summed E-state index contributed by atoms with van der Waals surface area (Å²) in [6.45, 7) is 21.3. The first-order valence-corrected chi connectivity index (χ1v) is 8.17. The lowest BCUT2D eigenvalue weighted by atomic mass is 10.2. The van der Waals surface area contributed by atoms with Crippen LogP contribution in [0.3, 0.4) is 0 Å². The first-order valence-electron chi connectivity index (χ1n) is 8.17. The van der Waals surface area contributed by atoms with Gasteiger partial charge in [-0.3, -0.25) is 14.7 Å². The van der Waals surface area contributed by atoms with Crippen molar-refractivity contribution in [2.75, 3.05) is 39.3 Å². The van der Waals surface area contributed by atoms with E-state index in [1.165, 1.54) is 45.7 Å². The van der Waals surface area contributed by atoms with Gasteiger partial charge in [0.25, 0.3) is 0 Å². The molecule has 19 heavy (non-hydrogen) atoms. The van der Waals surface area contributed by atoms with Gasteiger partial charge in [0, 0.05) is 57.4 Å². The molecule has 0 bridgehead atoms. The second kappa shape index (κ2) is 8.23. The van der Waals surface area contributed by atoms with Crippen LogP contribution in [0.5, 0.6) is 0 Å². The first kappa shape index (κ1) is 16.9. The van der Waals surface area contributed by atoms with Crippen molar-refractivity contribution in [1.29, 1.82) is 0 Å². The molecular formula is C16H35N3. The lowest BCUT2D eigenvalue weighted by Gasteiger charge is -2.31. The monoisotopic (exact) mass is 269 g/mol. The van der Waals surface area contributed by atoms with E-state index in [2.05, 4.69) is 56.2 Å². The number of nitrogens with zero attached hydrogens (tertiary/aromatic N) is 3.